The van der Waals surface area contributed by atoms with Gasteiger partial charge in [-0.25, -0.2) is 0 Å². The lowest BCUT2D eigenvalue weighted by Gasteiger charge is -2.12. The molecule has 1 aliphatic carbocycles. The first-order valence-corrected chi connectivity index (χ1v) is 8.81. The van der Waals surface area contributed by atoms with Crippen molar-refractivity contribution < 1.29 is 0 Å². The molecule has 2 aromatic rings. The zero-order valence-corrected chi connectivity index (χ0v) is 14.6. The summed E-state index contributed by atoms with van der Waals surface area (Å²) in [4.78, 5) is 2.78. The maximum Gasteiger partial charge on any atom is 0.0441 e. The molecule has 0 bridgehead atoms. The topological polar surface area (TPSA) is 12.0 Å². The zero-order valence-electron chi connectivity index (χ0n) is 10.6. The van der Waals surface area contributed by atoms with Crippen LogP contribution in [0.4, 0.5) is 0 Å². The van der Waals surface area contributed by atoms with Gasteiger partial charge >= 0.3 is 0 Å². The summed E-state index contributed by atoms with van der Waals surface area (Å²) >= 11 is 9.05. The highest BCUT2D eigenvalue weighted by Crippen LogP contribution is 2.44. The Bertz CT molecular complexity index is 590. The third-order valence-corrected chi connectivity index (χ3v) is 5.89. The van der Waals surface area contributed by atoms with E-state index < -0.39 is 0 Å². The number of hydrogen-bond donors (Lipinski definition) is 1. The van der Waals surface area contributed by atoms with Gasteiger partial charge in [0.05, 0.1) is 0 Å². The van der Waals surface area contributed by atoms with E-state index in [9.17, 15) is 0 Å². The molecule has 3 rings (SSSR count). The van der Waals surface area contributed by atoms with Crippen LogP contribution in [-0.2, 0) is 0 Å². The number of hydrogen-bond acceptors (Lipinski definition) is 2. The van der Waals surface area contributed by atoms with Crippen LogP contribution in [0, 0.1) is 5.92 Å². The van der Waals surface area contributed by atoms with Crippen LogP contribution in [0.2, 0.25) is 0 Å². The van der Waals surface area contributed by atoms with Crippen LogP contribution in [0.5, 0.6) is 0 Å². The summed E-state index contributed by atoms with van der Waals surface area (Å²) < 4.78 is 2.24. The van der Waals surface area contributed by atoms with E-state index in [0.717, 1.165) is 14.9 Å². The van der Waals surface area contributed by atoms with Gasteiger partial charge in [-0.15, -0.1) is 11.3 Å². The van der Waals surface area contributed by atoms with E-state index in [0.29, 0.717) is 6.04 Å². The molecule has 1 aromatic heterocycles. The molecule has 1 aliphatic rings. The number of thiophene rings is 1. The van der Waals surface area contributed by atoms with E-state index in [1.54, 1.807) is 0 Å². The van der Waals surface area contributed by atoms with Gasteiger partial charge in [0, 0.05) is 30.3 Å². The molecule has 19 heavy (non-hydrogen) atoms. The average Bonchev–Trinajstić information content (AvgIpc) is 3.09. The normalized spacial score (nSPS) is 16.6. The minimum atomic E-state index is 0.535. The number of halogens is 2. The van der Waals surface area contributed by atoms with Crippen molar-refractivity contribution in [2.75, 3.05) is 7.05 Å². The van der Waals surface area contributed by atoms with E-state index >= 15 is 0 Å². The fourth-order valence-electron chi connectivity index (χ4n) is 2.39. The number of rotatable bonds is 4. The summed E-state index contributed by atoms with van der Waals surface area (Å²) in [5, 5.41) is 3.46. The van der Waals surface area contributed by atoms with Crippen molar-refractivity contribution in [1.29, 1.82) is 0 Å². The first-order chi connectivity index (χ1) is 9.19. The van der Waals surface area contributed by atoms with Crippen LogP contribution in [0.25, 0.3) is 10.4 Å². The zero-order chi connectivity index (χ0) is 13.4. The summed E-state index contributed by atoms with van der Waals surface area (Å²) in [6.45, 7) is 0. The molecule has 1 unspecified atom stereocenters. The van der Waals surface area contributed by atoms with Crippen molar-refractivity contribution in [3.63, 3.8) is 0 Å². The van der Waals surface area contributed by atoms with E-state index in [4.69, 9.17) is 0 Å². The smallest absolute Gasteiger partial charge is 0.0441 e. The Morgan fingerprint density at radius 1 is 1.21 bits per heavy atom. The molecular formula is C15H15Br2NS. The summed E-state index contributed by atoms with van der Waals surface area (Å²) in [7, 11) is 2.07. The van der Waals surface area contributed by atoms with Gasteiger partial charge in [-0.2, -0.15) is 0 Å². The van der Waals surface area contributed by atoms with Crippen LogP contribution in [0.15, 0.2) is 39.3 Å². The summed E-state index contributed by atoms with van der Waals surface area (Å²) in [6, 6.07) is 11.4. The number of nitrogens with one attached hydrogen (secondary N) is 1. The molecule has 100 valence electrons. The van der Waals surface area contributed by atoms with Gasteiger partial charge in [0.1, 0.15) is 0 Å². The Morgan fingerprint density at radius 2 is 2.00 bits per heavy atom. The molecule has 0 spiro atoms. The largest absolute Gasteiger partial charge is 0.312 e. The molecule has 0 radical (unpaired) electrons. The molecule has 0 aliphatic heterocycles. The Morgan fingerprint density at radius 3 is 2.63 bits per heavy atom. The van der Waals surface area contributed by atoms with Crippen molar-refractivity contribution >= 4 is 43.2 Å². The molecule has 0 amide bonds. The second-order valence-corrected chi connectivity index (χ2v) is 7.82. The lowest BCUT2D eigenvalue weighted by Crippen LogP contribution is -2.16. The van der Waals surface area contributed by atoms with Gasteiger partial charge < -0.3 is 5.32 Å². The van der Waals surface area contributed by atoms with E-state index in [1.807, 2.05) is 11.3 Å². The summed E-state index contributed by atoms with van der Waals surface area (Å²) in [5.41, 5.74) is 1.27. The van der Waals surface area contributed by atoms with Crippen LogP contribution in [0.1, 0.15) is 23.8 Å². The number of benzene rings is 1. The lowest BCUT2D eigenvalue weighted by molar-refractivity contribution is 0.537. The molecule has 1 aromatic carbocycles. The van der Waals surface area contributed by atoms with E-state index in [2.05, 4.69) is 74.6 Å². The van der Waals surface area contributed by atoms with Gasteiger partial charge in [-0.3, -0.25) is 0 Å². The first kappa shape index (κ1) is 13.8. The molecule has 4 heteroatoms. The second-order valence-electron chi connectivity index (χ2n) is 4.93. The molecule has 1 nitrogen and oxygen atoms in total. The molecule has 1 fully saturated rings. The van der Waals surface area contributed by atoms with Crippen LogP contribution < -0.4 is 5.32 Å². The monoisotopic (exact) mass is 399 g/mol. The molecule has 1 saturated carbocycles. The SMILES string of the molecule is CNC(c1ccc(-c2ccc(Br)cc2Br)s1)C1CC1. The van der Waals surface area contributed by atoms with Gasteiger partial charge in [0.25, 0.3) is 0 Å². The molecule has 1 N–H and O–H groups in total. The predicted molar refractivity (Wildman–Crippen MR) is 89.7 cm³/mol. The van der Waals surface area contributed by atoms with Crippen molar-refractivity contribution in [3.8, 4) is 10.4 Å². The van der Waals surface area contributed by atoms with Crippen LogP contribution >= 0.6 is 43.2 Å². The highest BCUT2D eigenvalue weighted by molar-refractivity contribution is 9.11. The Kier molecular flexibility index (Phi) is 4.13. The van der Waals surface area contributed by atoms with Crippen molar-refractivity contribution in [2.45, 2.75) is 18.9 Å². The Labute approximate surface area is 134 Å². The highest BCUT2D eigenvalue weighted by Gasteiger charge is 2.32. The maximum atomic E-state index is 3.65. The third-order valence-electron chi connectivity index (χ3n) is 3.53. The van der Waals surface area contributed by atoms with Crippen LogP contribution in [0.3, 0.4) is 0 Å². The Balaban J connectivity index is 1.91. The molecule has 1 heterocycles. The van der Waals surface area contributed by atoms with Crippen LogP contribution in [-0.4, -0.2) is 7.05 Å². The second kappa shape index (κ2) is 5.68. The van der Waals surface area contributed by atoms with Gasteiger partial charge in [-0.1, -0.05) is 37.9 Å². The van der Waals surface area contributed by atoms with E-state index in [1.165, 1.54) is 28.2 Å². The fourth-order valence-corrected chi connectivity index (χ4v) is 5.04. The van der Waals surface area contributed by atoms with Gasteiger partial charge in [-0.05, 0) is 50.1 Å². The summed E-state index contributed by atoms with van der Waals surface area (Å²) in [6.07, 6.45) is 2.72. The van der Waals surface area contributed by atoms with Crippen molar-refractivity contribution in [3.05, 3.63) is 44.2 Å². The minimum absolute atomic E-state index is 0.535. The lowest BCUT2D eigenvalue weighted by atomic mass is 10.1. The van der Waals surface area contributed by atoms with Crippen molar-refractivity contribution in [1.82, 2.24) is 5.32 Å². The first-order valence-electron chi connectivity index (χ1n) is 6.41. The van der Waals surface area contributed by atoms with Crippen molar-refractivity contribution in [2.24, 2.45) is 5.92 Å². The molecule has 1 atom stereocenters. The third kappa shape index (κ3) is 2.97. The highest BCUT2D eigenvalue weighted by atomic mass is 79.9. The molecular weight excluding hydrogens is 386 g/mol. The van der Waals surface area contributed by atoms with Gasteiger partial charge in [0.15, 0.2) is 0 Å². The minimum Gasteiger partial charge on any atom is -0.312 e. The average molecular weight is 401 g/mol. The quantitative estimate of drug-likeness (QED) is 0.703. The van der Waals surface area contributed by atoms with E-state index in [-0.39, 0.29) is 0 Å². The Hall–Kier alpha value is -0.160. The van der Waals surface area contributed by atoms with Gasteiger partial charge in [0.2, 0.25) is 0 Å². The predicted octanol–water partition coefficient (Wildman–Crippen LogP) is 5.61. The molecule has 0 saturated heterocycles. The fraction of sp³-hybridized carbons (Fsp3) is 0.333. The maximum absolute atomic E-state index is 3.65. The summed E-state index contributed by atoms with van der Waals surface area (Å²) in [5.74, 6) is 0.838. The standard InChI is InChI=1S/C15H15Br2NS/c1-18-15(9-2-3-9)14-7-6-13(19-14)11-5-4-10(16)8-12(11)17/h4-9,15,18H,2-3H2,1H3.